The summed E-state index contributed by atoms with van der Waals surface area (Å²) in [5.74, 6) is -0.374. The molecule has 0 fully saturated rings. The van der Waals surface area contributed by atoms with Gasteiger partial charge in [-0.1, -0.05) is 31.3 Å². The van der Waals surface area contributed by atoms with Crippen LogP contribution in [0, 0.1) is 5.82 Å². The molecule has 2 N–H and O–H groups in total. The van der Waals surface area contributed by atoms with Gasteiger partial charge in [0.15, 0.2) is 0 Å². The van der Waals surface area contributed by atoms with Crippen molar-refractivity contribution in [3.05, 3.63) is 35.1 Å². The Balaban J connectivity index is 2.80. The molecule has 1 rings (SSSR count). The summed E-state index contributed by atoms with van der Waals surface area (Å²) >= 11 is 4.74. The van der Waals surface area contributed by atoms with Crippen LogP contribution in [0.1, 0.15) is 24.5 Å². The summed E-state index contributed by atoms with van der Waals surface area (Å²) in [5, 5.41) is 0. The topological polar surface area (TPSA) is 35.2 Å². The van der Waals surface area contributed by atoms with Crippen LogP contribution in [0.2, 0.25) is 0 Å². The normalized spacial score (nSPS) is 10.3. The zero-order valence-electron chi connectivity index (χ0n) is 8.63. The van der Waals surface area contributed by atoms with Gasteiger partial charge in [0.25, 0.3) is 0 Å². The third-order valence-corrected chi connectivity index (χ3v) is 2.17. The molecular formula is C11H14FNOS. The Morgan fingerprint density at radius 2 is 2.27 bits per heavy atom. The van der Waals surface area contributed by atoms with Crippen molar-refractivity contribution in [1.82, 2.24) is 0 Å². The van der Waals surface area contributed by atoms with Crippen LogP contribution in [-0.4, -0.2) is 11.6 Å². The summed E-state index contributed by atoms with van der Waals surface area (Å²) in [7, 11) is 0. The molecule has 4 heteroatoms. The summed E-state index contributed by atoms with van der Waals surface area (Å²) in [6.45, 7) is 2.88. The lowest BCUT2D eigenvalue weighted by Gasteiger charge is -2.07. The summed E-state index contributed by atoms with van der Waals surface area (Å²) < 4.78 is 19.0. The Kier molecular flexibility index (Phi) is 4.65. The maximum atomic E-state index is 13.7. The van der Waals surface area contributed by atoms with Crippen LogP contribution in [-0.2, 0) is 11.3 Å². The Bertz CT molecular complexity index is 354. The predicted molar refractivity (Wildman–Crippen MR) is 62.2 cm³/mol. The van der Waals surface area contributed by atoms with E-state index in [-0.39, 0.29) is 23.0 Å². The predicted octanol–water partition coefficient (Wildman–Crippen LogP) is 2.39. The number of hydrogen-bond acceptors (Lipinski definition) is 2. The average molecular weight is 227 g/mol. The van der Waals surface area contributed by atoms with Gasteiger partial charge < -0.3 is 10.5 Å². The minimum absolute atomic E-state index is 0.0739. The Hall–Kier alpha value is -1.00. The molecule has 0 aliphatic rings. The van der Waals surface area contributed by atoms with Crippen molar-refractivity contribution < 1.29 is 9.13 Å². The molecule has 0 saturated carbocycles. The molecule has 0 radical (unpaired) electrons. The van der Waals surface area contributed by atoms with Crippen molar-refractivity contribution in [3.63, 3.8) is 0 Å². The van der Waals surface area contributed by atoms with E-state index in [4.69, 9.17) is 22.7 Å². The van der Waals surface area contributed by atoms with E-state index in [0.29, 0.717) is 12.2 Å². The van der Waals surface area contributed by atoms with Gasteiger partial charge in [0.2, 0.25) is 0 Å². The molecule has 15 heavy (non-hydrogen) atoms. The number of halogens is 1. The van der Waals surface area contributed by atoms with Gasteiger partial charge in [0, 0.05) is 17.7 Å². The number of benzene rings is 1. The van der Waals surface area contributed by atoms with E-state index in [1.165, 1.54) is 0 Å². The highest BCUT2D eigenvalue weighted by Crippen LogP contribution is 2.14. The van der Waals surface area contributed by atoms with Crippen molar-refractivity contribution in [2.24, 2.45) is 5.73 Å². The lowest BCUT2D eigenvalue weighted by Crippen LogP contribution is -2.13. The first kappa shape index (κ1) is 12.1. The molecule has 82 valence electrons. The number of hydrogen-bond donors (Lipinski definition) is 1. The van der Waals surface area contributed by atoms with Gasteiger partial charge >= 0.3 is 0 Å². The standard InChI is InChI=1S/C11H14FNOS/c1-2-6-14-7-8-4-3-5-9(10(8)12)11(13)15/h3-5H,2,6-7H2,1H3,(H2,13,15). The molecular weight excluding hydrogens is 213 g/mol. The third-order valence-electron chi connectivity index (χ3n) is 1.95. The minimum Gasteiger partial charge on any atom is -0.389 e. The lowest BCUT2D eigenvalue weighted by molar-refractivity contribution is 0.119. The molecule has 1 aromatic rings. The quantitative estimate of drug-likeness (QED) is 0.619. The molecule has 2 nitrogen and oxygen atoms in total. The van der Waals surface area contributed by atoms with Crippen LogP contribution >= 0.6 is 12.2 Å². The van der Waals surface area contributed by atoms with Gasteiger partial charge in [0.05, 0.1) is 6.61 Å². The van der Waals surface area contributed by atoms with Crippen LogP contribution in [0.25, 0.3) is 0 Å². The highest BCUT2D eigenvalue weighted by molar-refractivity contribution is 7.80. The molecule has 0 aromatic heterocycles. The SMILES string of the molecule is CCCOCc1cccc(C(N)=S)c1F. The number of ether oxygens (including phenoxy) is 1. The zero-order chi connectivity index (χ0) is 11.3. The Morgan fingerprint density at radius 1 is 1.53 bits per heavy atom. The van der Waals surface area contributed by atoms with Crippen LogP contribution in [0.3, 0.4) is 0 Å². The molecule has 0 saturated heterocycles. The highest BCUT2D eigenvalue weighted by Gasteiger charge is 2.09. The van der Waals surface area contributed by atoms with Crippen molar-refractivity contribution in [3.8, 4) is 0 Å². The van der Waals surface area contributed by atoms with Crippen molar-refractivity contribution >= 4 is 17.2 Å². The maximum absolute atomic E-state index is 13.7. The maximum Gasteiger partial charge on any atom is 0.138 e. The monoisotopic (exact) mass is 227 g/mol. The molecule has 1 aromatic carbocycles. The first-order valence-corrected chi connectivity index (χ1v) is 5.22. The van der Waals surface area contributed by atoms with Gasteiger partial charge in [-0.05, 0) is 12.5 Å². The van der Waals surface area contributed by atoms with Crippen LogP contribution in [0.15, 0.2) is 18.2 Å². The molecule has 0 atom stereocenters. The van der Waals surface area contributed by atoms with E-state index in [1.54, 1.807) is 18.2 Å². The lowest BCUT2D eigenvalue weighted by atomic mass is 10.1. The van der Waals surface area contributed by atoms with Crippen LogP contribution in [0.4, 0.5) is 4.39 Å². The summed E-state index contributed by atoms with van der Waals surface area (Å²) in [4.78, 5) is 0.0739. The molecule has 0 bridgehead atoms. The zero-order valence-corrected chi connectivity index (χ0v) is 9.44. The fourth-order valence-corrected chi connectivity index (χ4v) is 1.37. The number of thiocarbonyl (C=S) groups is 1. The Morgan fingerprint density at radius 3 is 2.87 bits per heavy atom. The summed E-state index contributed by atoms with van der Waals surface area (Å²) in [6.07, 6.45) is 0.913. The summed E-state index contributed by atoms with van der Waals surface area (Å²) in [5.41, 5.74) is 6.16. The van der Waals surface area contributed by atoms with E-state index in [9.17, 15) is 4.39 Å². The first-order valence-electron chi connectivity index (χ1n) is 4.81. The second-order valence-corrected chi connectivity index (χ2v) is 3.64. The fourth-order valence-electron chi connectivity index (χ4n) is 1.21. The average Bonchev–Trinajstić information content (AvgIpc) is 2.20. The molecule has 0 unspecified atom stereocenters. The van der Waals surface area contributed by atoms with Crippen molar-refractivity contribution in [2.75, 3.05) is 6.61 Å². The molecule has 0 amide bonds. The van der Waals surface area contributed by atoms with E-state index in [0.717, 1.165) is 6.42 Å². The molecule has 0 spiro atoms. The van der Waals surface area contributed by atoms with E-state index in [1.807, 2.05) is 6.92 Å². The van der Waals surface area contributed by atoms with Gasteiger partial charge in [-0.2, -0.15) is 0 Å². The van der Waals surface area contributed by atoms with Crippen molar-refractivity contribution in [1.29, 1.82) is 0 Å². The smallest absolute Gasteiger partial charge is 0.138 e. The summed E-state index contributed by atoms with van der Waals surface area (Å²) in [6, 6.07) is 4.97. The van der Waals surface area contributed by atoms with Crippen molar-refractivity contribution in [2.45, 2.75) is 20.0 Å². The second kappa shape index (κ2) is 5.78. The third kappa shape index (κ3) is 3.25. The molecule has 0 aliphatic carbocycles. The second-order valence-electron chi connectivity index (χ2n) is 3.20. The van der Waals surface area contributed by atoms with E-state index in [2.05, 4.69) is 0 Å². The van der Waals surface area contributed by atoms with Gasteiger partial charge in [-0.25, -0.2) is 4.39 Å². The van der Waals surface area contributed by atoms with E-state index < -0.39 is 0 Å². The van der Waals surface area contributed by atoms with Crippen LogP contribution in [0.5, 0.6) is 0 Å². The van der Waals surface area contributed by atoms with Gasteiger partial charge in [-0.3, -0.25) is 0 Å². The van der Waals surface area contributed by atoms with Crippen LogP contribution < -0.4 is 5.73 Å². The van der Waals surface area contributed by atoms with Gasteiger partial charge in [-0.15, -0.1) is 0 Å². The number of rotatable bonds is 5. The minimum atomic E-state index is -0.374. The highest BCUT2D eigenvalue weighted by atomic mass is 32.1. The fraction of sp³-hybridized carbons (Fsp3) is 0.364. The van der Waals surface area contributed by atoms with Gasteiger partial charge in [0.1, 0.15) is 10.8 Å². The number of nitrogens with two attached hydrogens (primary N) is 1. The molecule has 0 aliphatic heterocycles. The largest absolute Gasteiger partial charge is 0.389 e. The Labute approximate surface area is 94.2 Å². The molecule has 0 heterocycles. The van der Waals surface area contributed by atoms with E-state index >= 15 is 0 Å². The first-order chi connectivity index (χ1) is 7.16.